The lowest BCUT2D eigenvalue weighted by molar-refractivity contribution is -0.127. The van der Waals surface area contributed by atoms with Gasteiger partial charge in [0.2, 0.25) is 5.91 Å². The molecule has 0 aliphatic heterocycles. The van der Waals surface area contributed by atoms with Gasteiger partial charge in [-0.3, -0.25) is 9.59 Å². The van der Waals surface area contributed by atoms with Crippen molar-refractivity contribution in [2.75, 3.05) is 5.88 Å². The van der Waals surface area contributed by atoms with Gasteiger partial charge in [0.25, 0.3) is 0 Å². The molecule has 88 valence electrons. The highest BCUT2D eigenvalue weighted by atomic mass is 35.5. The van der Waals surface area contributed by atoms with Crippen molar-refractivity contribution in [2.45, 2.75) is 39.3 Å². The van der Waals surface area contributed by atoms with E-state index in [4.69, 9.17) is 17.3 Å². The highest BCUT2D eigenvalue weighted by Gasteiger charge is 2.21. The second-order valence-corrected chi connectivity index (χ2v) is 4.35. The summed E-state index contributed by atoms with van der Waals surface area (Å²) in [6.45, 7) is 5.53. The van der Waals surface area contributed by atoms with E-state index in [9.17, 15) is 9.59 Å². The quantitative estimate of drug-likeness (QED) is 0.664. The Hall–Kier alpha value is -0.610. The largest absolute Gasteiger partial charge is 0.345 e. The normalized spacial score (nSPS) is 14.8. The van der Waals surface area contributed by atoms with Crippen LogP contribution in [-0.2, 0) is 9.59 Å². The van der Waals surface area contributed by atoms with E-state index in [0.29, 0.717) is 12.3 Å². The first-order valence-electron chi connectivity index (χ1n) is 5.03. The fourth-order valence-electron chi connectivity index (χ4n) is 1.14. The standard InChI is InChI=1S/C10H19ClN2O2/c1-6(2)4-8(9(14)5-11)13-10(15)7(3)12/h6-8H,4-5,12H2,1-3H3,(H,13,15). The van der Waals surface area contributed by atoms with E-state index in [1.54, 1.807) is 6.92 Å². The average Bonchev–Trinajstić information content (AvgIpc) is 2.14. The number of rotatable bonds is 6. The summed E-state index contributed by atoms with van der Waals surface area (Å²) in [6.07, 6.45) is 0.587. The van der Waals surface area contributed by atoms with E-state index in [1.165, 1.54) is 0 Å². The van der Waals surface area contributed by atoms with Crippen molar-refractivity contribution < 1.29 is 9.59 Å². The van der Waals surface area contributed by atoms with E-state index in [2.05, 4.69) is 5.32 Å². The molecule has 0 spiro atoms. The molecule has 5 heteroatoms. The highest BCUT2D eigenvalue weighted by molar-refractivity contribution is 6.28. The van der Waals surface area contributed by atoms with Gasteiger partial charge in [0, 0.05) is 0 Å². The van der Waals surface area contributed by atoms with Crippen molar-refractivity contribution in [3.05, 3.63) is 0 Å². The van der Waals surface area contributed by atoms with Crippen LogP contribution in [0.25, 0.3) is 0 Å². The summed E-state index contributed by atoms with van der Waals surface area (Å²) in [5.74, 6) is -0.259. The zero-order chi connectivity index (χ0) is 12.0. The van der Waals surface area contributed by atoms with Crippen molar-refractivity contribution >= 4 is 23.3 Å². The Morgan fingerprint density at radius 3 is 2.20 bits per heavy atom. The molecule has 2 unspecified atom stereocenters. The van der Waals surface area contributed by atoms with Gasteiger partial charge in [0.15, 0.2) is 5.78 Å². The average molecular weight is 235 g/mol. The Bertz CT molecular complexity index is 229. The molecule has 2 atom stereocenters. The number of ketones is 1. The lowest BCUT2D eigenvalue weighted by atomic mass is 10.0. The molecule has 0 aliphatic carbocycles. The summed E-state index contributed by atoms with van der Waals surface area (Å²) >= 11 is 5.46. The lowest BCUT2D eigenvalue weighted by Crippen LogP contribution is -2.48. The SMILES string of the molecule is CC(C)CC(NC(=O)C(C)N)C(=O)CCl. The van der Waals surface area contributed by atoms with E-state index < -0.39 is 12.1 Å². The van der Waals surface area contributed by atoms with E-state index in [1.807, 2.05) is 13.8 Å². The first kappa shape index (κ1) is 14.4. The number of nitrogens with one attached hydrogen (secondary N) is 1. The van der Waals surface area contributed by atoms with Crippen molar-refractivity contribution in [2.24, 2.45) is 11.7 Å². The molecule has 3 N–H and O–H groups in total. The fourth-order valence-corrected chi connectivity index (χ4v) is 1.32. The van der Waals surface area contributed by atoms with Crippen LogP contribution in [0.4, 0.5) is 0 Å². The second-order valence-electron chi connectivity index (χ2n) is 4.08. The molecule has 0 aliphatic rings. The Morgan fingerprint density at radius 1 is 1.33 bits per heavy atom. The van der Waals surface area contributed by atoms with Crippen LogP contribution < -0.4 is 11.1 Å². The van der Waals surface area contributed by atoms with Crippen LogP contribution in [-0.4, -0.2) is 29.7 Å². The third kappa shape index (κ3) is 5.74. The Kier molecular flexibility index (Phi) is 6.52. The van der Waals surface area contributed by atoms with E-state index >= 15 is 0 Å². The van der Waals surface area contributed by atoms with Crippen LogP contribution in [0.5, 0.6) is 0 Å². The van der Waals surface area contributed by atoms with Gasteiger partial charge in [-0.2, -0.15) is 0 Å². The van der Waals surface area contributed by atoms with E-state index in [-0.39, 0.29) is 17.6 Å². The molecule has 0 bridgehead atoms. The Balaban J connectivity index is 4.37. The van der Waals surface area contributed by atoms with Gasteiger partial charge in [-0.1, -0.05) is 13.8 Å². The summed E-state index contributed by atoms with van der Waals surface area (Å²) in [5, 5.41) is 2.60. The number of alkyl halides is 1. The molecule has 0 fully saturated rings. The molecule has 0 saturated heterocycles. The van der Waals surface area contributed by atoms with Crippen LogP contribution in [0, 0.1) is 5.92 Å². The Labute approximate surface area is 95.5 Å². The fraction of sp³-hybridized carbons (Fsp3) is 0.800. The van der Waals surface area contributed by atoms with Crippen LogP contribution in [0.15, 0.2) is 0 Å². The topological polar surface area (TPSA) is 72.2 Å². The molecule has 0 aromatic rings. The van der Waals surface area contributed by atoms with Crippen molar-refractivity contribution in [3.8, 4) is 0 Å². The number of nitrogens with two attached hydrogens (primary N) is 1. The maximum atomic E-state index is 11.4. The number of hydrogen-bond acceptors (Lipinski definition) is 3. The maximum absolute atomic E-state index is 11.4. The molecule has 0 aromatic carbocycles. The number of amides is 1. The molecule has 0 heterocycles. The minimum atomic E-state index is -0.609. The molecule has 0 aromatic heterocycles. The minimum absolute atomic E-state index is 0.0867. The third-order valence-corrected chi connectivity index (χ3v) is 2.22. The highest BCUT2D eigenvalue weighted by Crippen LogP contribution is 2.06. The molecule has 0 radical (unpaired) electrons. The van der Waals surface area contributed by atoms with Crippen molar-refractivity contribution in [3.63, 3.8) is 0 Å². The summed E-state index contributed by atoms with van der Waals surface area (Å²) < 4.78 is 0. The predicted molar refractivity (Wildman–Crippen MR) is 60.8 cm³/mol. The predicted octanol–water partition coefficient (Wildman–Crippen LogP) is 0.672. The summed E-state index contributed by atoms with van der Waals surface area (Å²) in [7, 11) is 0. The van der Waals surface area contributed by atoms with Crippen molar-refractivity contribution in [1.29, 1.82) is 0 Å². The molecule has 4 nitrogen and oxygen atoms in total. The number of hydrogen-bond donors (Lipinski definition) is 2. The molecular formula is C10H19ClN2O2. The molecule has 0 saturated carbocycles. The monoisotopic (exact) mass is 234 g/mol. The van der Waals surface area contributed by atoms with Crippen LogP contribution in [0.1, 0.15) is 27.2 Å². The third-order valence-electron chi connectivity index (χ3n) is 1.96. The summed E-state index contributed by atoms with van der Waals surface area (Å²) in [4.78, 5) is 22.7. The van der Waals surface area contributed by atoms with Crippen molar-refractivity contribution in [1.82, 2.24) is 5.32 Å². The molecule has 15 heavy (non-hydrogen) atoms. The van der Waals surface area contributed by atoms with Gasteiger partial charge < -0.3 is 11.1 Å². The van der Waals surface area contributed by atoms with Gasteiger partial charge >= 0.3 is 0 Å². The van der Waals surface area contributed by atoms with Crippen LogP contribution in [0.2, 0.25) is 0 Å². The molecular weight excluding hydrogens is 216 g/mol. The second kappa shape index (κ2) is 6.80. The summed E-state index contributed by atoms with van der Waals surface area (Å²) in [6, 6.07) is -1.12. The first-order valence-corrected chi connectivity index (χ1v) is 5.56. The number of halogens is 1. The van der Waals surface area contributed by atoms with Crippen LogP contribution in [0.3, 0.4) is 0 Å². The number of Topliss-reactive ketones (excluding diaryl/α,β-unsaturated/α-hetero) is 1. The molecule has 1 amide bonds. The van der Waals surface area contributed by atoms with Gasteiger partial charge in [-0.05, 0) is 19.3 Å². The van der Waals surface area contributed by atoms with Gasteiger partial charge in [0.05, 0.1) is 18.0 Å². The Morgan fingerprint density at radius 2 is 1.87 bits per heavy atom. The molecule has 0 rings (SSSR count). The zero-order valence-electron chi connectivity index (χ0n) is 9.42. The maximum Gasteiger partial charge on any atom is 0.237 e. The van der Waals surface area contributed by atoms with Crippen LogP contribution >= 0.6 is 11.6 Å². The first-order chi connectivity index (χ1) is 6.88. The van der Waals surface area contributed by atoms with Gasteiger partial charge in [-0.15, -0.1) is 11.6 Å². The number of carbonyl (C=O) groups is 2. The smallest absolute Gasteiger partial charge is 0.237 e. The minimum Gasteiger partial charge on any atom is -0.345 e. The summed E-state index contributed by atoms with van der Waals surface area (Å²) in [5.41, 5.74) is 5.40. The van der Waals surface area contributed by atoms with Gasteiger partial charge in [-0.25, -0.2) is 0 Å². The number of carbonyl (C=O) groups excluding carboxylic acids is 2. The zero-order valence-corrected chi connectivity index (χ0v) is 10.2. The van der Waals surface area contributed by atoms with E-state index in [0.717, 1.165) is 0 Å². The van der Waals surface area contributed by atoms with Gasteiger partial charge in [0.1, 0.15) is 0 Å². The lowest BCUT2D eigenvalue weighted by Gasteiger charge is -2.19.